The van der Waals surface area contributed by atoms with Crippen LogP contribution in [0.25, 0.3) is 0 Å². The van der Waals surface area contributed by atoms with Crippen LogP contribution in [0.5, 0.6) is 0 Å². The molecule has 108 valence electrons. The number of para-hydroxylation sites is 1. The lowest BCUT2D eigenvalue weighted by Crippen LogP contribution is -2.40. The number of aliphatic carboxylic acids is 1. The fourth-order valence-corrected chi connectivity index (χ4v) is 2.01. The Morgan fingerprint density at radius 3 is 2.55 bits per heavy atom. The standard InChI is InChI=1S/C15H20N2O3/c18-14(11-16-10-12-6-7-12)17(9-8-15(19)20)13-4-2-1-3-5-13/h1-5,12,16H,6-11H2,(H,19,20). The first kappa shape index (κ1) is 14.5. The smallest absolute Gasteiger partial charge is 0.305 e. The van der Waals surface area contributed by atoms with Crippen molar-refractivity contribution in [1.29, 1.82) is 0 Å². The van der Waals surface area contributed by atoms with Crippen LogP contribution in [0.1, 0.15) is 19.3 Å². The zero-order valence-electron chi connectivity index (χ0n) is 11.4. The Kier molecular flexibility index (Phi) is 5.12. The third kappa shape index (κ3) is 4.66. The molecule has 0 atom stereocenters. The summed E-state index contributed by atoms with van der Waals surface area (Å²) >= 11 is 0. The topological polar surface area (TPSA) is 69.6 Å². The predicted octanol–water partition coefficient (Wildman–Crippen LogP) is 1.49. The summed E-state index contributed by atoms with van der Waals surface area (Å²) < 4.78 is 0. The molecule has 0 aromatic heterocycles. The molecule has 0 unspecified atom stereocenters. The number of anilines is 1. The molecular formula is C15H20N2O3. The van der Waals surface area contributed by atoms with Gasteiger partial charge in [0.25, 0.3) is 0 Å². The van der Waals surface area contributed by atoms with Gasteiger partial charge in [-0.25, -0.2) is 0 Å². The van der Waals surface area contributed by atoms with Crippen LogP contribution in [0.15, 0.2) is 30.3 Å². The molecule has 20 heavy (non-hydrogen) atoms. The molecular weight excluding hydrogens is 256 g/mol. The van der Waals surface area contributed by atoms with Crippen molar-refractivity contribution in [3.05, 3.63) is 30.3 Å². The molecule has 1 aromatic carbocycles. The van der Waals surface area contributed by atoms with Gasteiger partial charge in [-0.3, -0.25) is 9.59 Å². The first-order valence-corrected chi connectivity index (χ1v) is 6.94. The summed E-state index contributed by atoms with van der Waals surface area (Å²) in [4.78, 5) is 24.5. The minimum Gasteiger partial charge on any atom is -0.481 e. The number of hydrogen-bond acceptors (Lipinski definition) is 3. The Morgan fingerprint density at radius 2 is 1.95 bits per heavy atom. The molecule has 2 rings (SSSR count). The van der Waals surface area contributed by atoms with Crippen molar-refractivity contribution in [1.82, 2.24) is 5.32 Å². The molecule has 0 aliphatic heterocycles. The van der Waals surface area contributed by atoms with Crippen molar-refractivity contribution in [2.24, 2.45) is 5.92 Å². The monoisotopic (exact) mass is 276 g/mol. The largest absolute Gasteiger partial charge is 0.481 e. The first-order valence-electron chi connectivity index (χ1n) is 6.94. The van der Waals surface area contributed by atoms with E-state index in [-0.39, 0.29) is 25.4 Å². The Morgan fingerprint density at radius 1 is 1.25 bits per heavy atom. The maximum absolute atomic E-state index is 12.2. The number of nitrogens with zero attached hydrogens (tertiary/aromatic N) is 1. The SMILES string of the molecule is O=C(O)CCN(C(=O)CNCC1CC1)c1ccccc1. The van der Waals surface area contributed by atoms with E-state index in [0.717, 1.165) is 12.2 Å². The van der Waals surface area contributed by atoms with Crippen molar-refractivity contribution in [2.45, 2.75) is 19.3 Å². The number of carboxylic acid groups (broad SMARTS) is 1. The minimum atomic E-state index is -0.898. The van der Waals surface area contributed by atoms with E-state index < -0.39 is 5.97 Å². The second kappa shape index (κ2) is 7.05. The molecule has 2 N–H and O–H groups in total. The number of nitrogens with one attached hydrogen (secondary N) is 1. The molecule has 1 aliphatic carbocycles. The van der Waals surface area contributed by atoms with Crippen LogP contribution in [0.4, 0.5) is 5.69 Å². The van der Waals surface area contributed by atoms with E-state index in [2.05, 4.69) is 5.32 Å². The van der Waals surface area contributed by atoms with Gasteiger partial charge in [0.2, 0.25) is 5.91 Å². The first-order chi connectivity index (χ1) is 9.66. The average Bonchev–Trinajstić information content (AvgIpc) is 3.24. The molecule has 1 saturated carbocycles. The molecule has 0 bridgehead atoms. The van der Waals surface area contributed by atoms with Gasteiger partial charge >= 0.3 is 5.97 Å². The number of carboxylic acids is 1. The summed E-state index contributed by atoms with van der Waals surface area (Å²) in [5.41, 5.74) is 0.743. The highest BCUT2D eigenvalue weighted by molar-refractivity contribution is 5.95. The summed E-state index contributed by atoms with van der Waals surface area (Å²) in [6.45, 7) is 1.32. The molecule has 5 heteroatoms. The summed E-state index contributed by atoms with van der Waals surface area (Å²) in [6.07, 6.45) is 2.43. The van der Waals surface area contributed by atoms with E-state index in [1.54, 1.807) is 0 Å². The lowest BCUT2D eigenvalue weighted by molar-refractivity contribution is -0.136. The summed E-state index contributed by atoms with van der Waals surface area (Å²) in [6, 6.07) is 9.19. The fourth-order valence-electron chi connectivity index (χ4n) is 2.01. The molecule has 0 heterocycles. The van der Waals surface area contributed by atoms with E-state index in [4.69, 9.17) is 5.11 Å². The normalized spacial score (nSPS) is 14.0. The van der Waals surface area contributed by atoms with Crippen molar-refractivity contribution in [3.63, 3.8) is 0 Å². The maximum Gasteiger partial charge on any atom is 0.305 e. The lowest BCUT2D eigenvalue weighted by atomic mass is 10.2. The van der Waals surface area contributed by atoms with E-state index >= 15 is 0 Å². The third-order valence-corrected chi connectivity index (χ3v) is 3.32. The van der Waals surface area contributed by atoms with E-state index in [1.807, 2.05) is 30.3 Å². The van der Waals surface area contributed by atoms with Crippen LogP contribution in [0.2, 0.25) is 0 Å². The molecule has 1 aromatic rings. The van der Waals surface area contributed by atoms with E-state index in [1.165, 1.54) is 17.7 Å². The van der Waals surface area contributed by atoms with Gasteiger partial charge in [-0.05, 0) is 37.4 Å². The van der Waals surface area contributed by atoms with Gasteiger partial charge in [0.1, 0.15) is 0 Å². The van der Waals surface area contributed by atoms with Gasteiger partial charge < -0.3 is 15.3 Å². The van der Waals surface area contributed by atoms with Crippen LogP contribution >= 0.6 is 0 Å². The molecule has 1 fully saturated rings. The van der Waals surface area contributed by atoms with Gasteiger partial charge in [0, 0.05) is 12.2 Å². The number of benzene rings is 1. The van der Waals surface area contributed by atoms with Gasteiger partial charge in [-0.2, -0.15) is 0 Å². The van der Waals surface area contributed by atoms with Crippen LogP contribution in [-0.4, -0.2) is 36.6 Å². The third-order valence-electron chi connectivity index (χ3n) is 3.32. The van der Waals surface area contributed by atoms with Crippen LogP contribution in [0, 0.1) is 5.92 Å². The Balaban J connectivity index is 1.92. The van der Waals surface area contributed by atoms with Gasteiger partial charge in [0.05, 0.1) is 13.0 Å². The van der Waals surface area contributed by atoms with Gasteiger partial charge in [-0.1, -0.05) is 18.2 Å². The van der Waals surface area contributed by atoms with Gasteiger partial charge in [-0.15, -0.1) is 0 Å². The van der Waals surface area contributed by atoms with E-state index in [9.17, 15) is 9.59 Å². The number of rotatable bonds is 8. The molecule has 0 spiro atoms. The molecule has 5 nitrogen and oxygen atoms in total. The Bertz CT molecular complexity index is 457. The zero-order valence-corrected chi connectivity index (χ0v) is 11.4. The van der Waals surface area contributed by atoms with Crippen LogP contribution < -0.4 is 10.2 Å². The van der Waals surface area contributed by atoms with E-state index in [0.29, 0.717) is 5.92 Å². The Labute approximate surface area is 118 Å². The summed E-state index contributed by atoms with van der Waals surface area (Å²) in [5, 5.41) is 11.9. The minimum absolute atomic E-state index is 0.0523. The highest BCUT2D eigenvalue weighted by atomic mass is 16.4. The fraction of sp³-hybridized carbons (Fsp3) is 0.467. The molecule has 0 saturated heterocycles. The van der Waals surface area contributed by atoms with Crippen molar-refractivity contribution in [2.75, 3.05) is 24.5 Å². The van der Waals surface area contributed by atoms with Crippen molar-refractivity contribution >= 4 is 17.6 Å². The highest BCUT2D eigenvalue weighted by Gasteiger charge is 2.22. The number of amides is 1. The number of carbonyl (C=O) groups excluding carboxylic acids is 1. The average molecular weight is 276 g/mol. The van der Waals surface area contributed by atoms with Crippen molar-refractivity contribution < 1.29 is 14.7 Å². The molecule has 1 amide bonds. The highest BCUT2D eigenvalue weighted by Crippen LogP contribution is 2.27. The lowest BCUT2D eigenvalue weighted by Gasteiger charge is -2.22. The Hall–Kier alpha value is -1.88. The van der Waals surface area contributed by atoms with Crippen LogP contribution in [0.3, 0.4) is 0 Å². The quantitative estimate of drug-likeness (QED) is 0.755. The maximum atomic E-state index is 12.2. The second-order valence-corrected chi connectivity index (χ2v) is 5.10. The van der Waals surface area contributed by atoms with Gasteiger partial charge in [0.15, 0.2) is 0 Å². The summed E-state index contributed by atoms with van der Waals surface area (Å²) in [7, 11) is 0. The van der Waals surface area contributed by atoms with Crippen LogP contribution in [-0.2, 0) is 9.59 Å². The predicted molar refractivity (Wildman–Crippen MR) is 76.6 cm³/mol. The summed E-state index contributed by atoms with van der Waals surface area (Å²) in [5.74, 6) is -0.269. The number of hydrogen-bond donors (Lipinski definition) is 2. The number of carbonyl (C=O) groups is 2. The van der Waals surface area contributed by atoms with Crippen molar-refractivity contribution in [3.8, 4) is 0 Å². The second-order valence-electron chi connectivity index (χ2n) is 5.10. The molecule has 0 radical (unpaired) electrons. The molecule has 1 aliphatic rings. The zero-order chi connectivity index (χ0) is 14.4.